The number of fused-ring (bicyclic) bond motifs is 1. The van der Waals surface area contributed by atoms with Gasteiger partial charge >= 0.3 is 0 Å². The van der Waals surface area contributed by atoms with Crippen LogP contribution in [0.15, 0.2) is 24.4 Å². The molecule has 0 aliphatic carbocycles. The van der Waals surface area contributed by atoms with Crippen LogP contribution < -0.4 is 5.32 Å². The summed E-state index contributed by atoms with van der Waals surface area (Å²) < 4.78 is 1.76. The first-order valence-corrected chi connectivity index (χ1v) is 7.33. The quantitative estimate of drug-likeness (QED) is 0.862. The van der Waals surface area contributed by atoms with Crippen molar-refractivity contribution in [3.8, 4) is 0 Å². The zero-order valence-corrected chi connectivity index (χ0v) is 13.1. The van der Waals surface area contributed by atoms with Gasteiger partial charge in [-0.3, -0.25) is 9.59 Å². The Kier molecular flexibility index (Phi) is 4.68. The van der Waals surface area contributed by atoms with E-state index in [1.54, 1.807) is 29.0 Å². The van der Waals surface area contributed by atoms with Crippen LogP contribution in [-0.2, 0) is 11.3 Å². The Labute approximate surface area is 129 Å². The average molecular weight is 307 g/mol. The maximum atomic E-state index is 12.1. The highest BCUT2D eigenvalue weighted by molar-refractivity contribution is 6.31. The number of halogens is 1. The number of benzene rings is 1. The van der Waals surface area contributed by atoms with Crippen LogP contribution in [0.25, 0.3) is 10.9 Å². The standard InChI is InChI=1S/C16H19ClN2O2/c1-10(2)11(3)18-16(21)8-19-7-12(9-20)14-5-4-13(17)6-15(14)19/h4-7,9-11H,8H2,1-3H3,(H,18,21). The molecule has 0 fully saturated rings. The van der Waals surface area contributed by atoms with E-state index in [1.807, 2.05) is 6.92 Å². The summed E-state index contributed by atoms with van der Waals surface area (Å²) in [5.74, 6) is 0.292. The lowest BCUT2D eigenvalue weighted by molar-refractivity contribution is -0.122. The van der Waals surface area contributed by atoms with Crippen molar-refractivity contribution < 1.29 is 9.59 Å². The monoisotopic (exact) mass is 306 g/mol. The molecule has 1 aromatic heterocycles. The fourth-order valence-corrected chi connectivity index (χ4v) is 2.31. The second-order valence-corrected chi connectivity index (χ2v) is 6.03. The van der Waals surface area contributed by atoms with Gasteiger partial charge < -0.3 is 9.88 Å². The summed E-state index contributed by atoms with van der Waals surface area (Å²) in [4.78, 5) is 23.2. The van der Waals surface area contributed by atoms with Crippen LogP contribution in [0, 0.1) is 5.92 Å². The molecule has 5 heteroatoms. The van der Waals surface area contributed by atoms with E-state index in [0.717, 1.165) is 17.2 Å². The Morgan fingerprint density at radius 3 is 2.71 bits per heavy atom. The summed E-state index contributed by atoms with van der Waals surface area (Å²) in [6.45, 7) is 6.26. The molecule has 1 unspecified atom stereocenters. The Balaban J connectivity index is 2.28. The second kappa shape index (κ2) is 6.31. The van der Waals surface area contributed by atoms with Crippen LogP contribution in [-0.4, -0.2) is 22.8 Å². The van der Waals surface area contributed by atoms with Crippen LogP contribution in [0.3, 0.4) is 0 Å². The summed E-state index contributed by atoms with van der Waals surface area (Å²) in [7, 11) is 0. The minimum Gasteiger partial charge on any atom is -0.352 e. The third kappa shape index (κ3) is 3.45. The van der Waals surface area contributed by atoms with Gasteiger partial charge in [0.25, 0.3) is 0 Å². The van der Waals surface area contributed by atoms with E-state index in [0.29, 0.717) is 16.5 Å². The van der Waals surface area contributed by atoms with Crippen LogP contribution in [0.1, 0.15) is 31.1 Å². The Hall–Kier alpha value is -1.81. The van der Waals surface area contributed by atoms with E-state index in [4.69, 9.17) is 11.6 Å². The van der Waals surface area contributed by atoms with Crippen molar-refractivity contribution in [2.45, 2.75) is 33.4 Å². The molecule has 1 heterocycles. The molecule has 0 aliphatic heterocycles. The maximum Gasteiger partial charge on any atom is 0.240 e. The van der Waals surface area contributed by atoms with E-state index in [1.165, 1.54) is 0 Å². The predicted octanol–water partition coefficient (Wildman–Crippen LogP) is 3.27. The molecule has 4 nitrogen and oxygen atoms in total. The first kappa shape index (κ1) is 15.6. The van der Waals surface area contributed by atoms with E-state index in [2.05, 4.69) is 19.2 Å². The molecule has 1 N–H and O–H groups in total. The molecule has 2 aromatic rings. The first-order valence-electron chi connectivity index (χ1n) is 6.95. The van der Waals surface area contributed by atoms with E-state index >= 15 is 0 Å². The molecule has 0 saturated carbocycles. The molecule has 0 spiro atoms. The summed E-state index contributed by atoms with van der Waals surface area (Å²) in [6, 6.07) is 5.41. The molecule has 1 atom stereocenters. The van der Waals surface area contributed by atoms with Crippen LogP contribution in [0.2, 0.25) is 5.02 Å². The van der Waals surface area contributed by atoms with Crippen molar-refractivity contribution in [3.63, 3.8) is 0 Å². The SMILES string of the molecule is CC(C)C(C)NC(=O)Cn1cc(C=O)c2ccc(Cl)cc21. The summed E-state index contributed by atoms with van der Waals surface area (Å²) in [5, 5.41) is 4.34. The number of carbonyl (C=O) groups is 2. The zero-order valence-electron chi connectivity index (χ0n) is 12.4. The largest absolute Gasteiger partial charge is 0.352 e. The van der Waals surface area contributed by atoms with Gasteiger partial charge in [-0.15, -0.1) is 0 Å². The van der Waals surface area contributed by atoms with Gasteiger partial charge in [-0.2, -0.15) is 0 Å². The number of nitrogens with zero attached hydrogens (tertiary/aromatic N) is 1. The van der Waals surface area contributed by atoms with Crippen molar-refractivity contribution in [2.75, 3.05) is 0 Å². The molecule has 21 heavy (non-hydrogen) atoms. The molecule has 1 aromatic carbocycles. The third-order valence-electron chi connectivity index (χ3n) is 3.70. The minimum absolute atomic E-state index is 0.0782. The normalized spacial score (nSPS) is 12.6. The van der Waals surface area contributed by atoms with Crippen molar-refractivity contribution >= 4 is 34.7 Å². The van der Waals surface area contributed by atoms with Gasteiger partial charge in [-0.25, -0.2) is 0 Å². The lowest BCUT2D eigenvalue weighted by Gasteiger charge is -2.17. The molecule has 112 valence electrons. The summed E-state index contributed by atoms with van der Waals surface area (Å²) in [6.07, 6.45) is 2.48. The van der Waals surface area contributed by atoms with Gasteiger partial charge in [0.1, 0.15) is 6.54 Å². The van der Waals surface area contributed by atoms with Gasteiger partial charge in [0.05, 0.1) is 5.52 Å². The van der Waals surface area contributed by atoms with Crippen LogP contribution >= 0.6 is 11.6 Å². The topological polar surface area (TPSA) is 51.1 Å². The maximum absolute atomic E-state index is 12.1. The number of nitrogens with one attached hydrogen (secondary N) is 1. The third-order valence-corrected chi connectivity index (χ3v) is 3.94. The fraction of sp³-hybridized carbons (Fsp3) is 0.375. The lowest BCUT2D eigenvalue weighted by Crippen LogP contribution is -2.38. The van der Waals surface area contributed by atoms with Gasteiger partial charge in [0.15, 0.2) is 6.29 Å². The van der Waals surface area contributed by atoms with E-state index < -0.39 is 0 Å². The highest BCUT2D eigenvalue weighted by atomic mass is 35.5. The van der Waals surface area contributed by atoms with Gasteiger partial charge in [-0.05, 0) is 25.0 Å². The molecular formula is C16H19ClN2O2. The van der Waals surface area contributed by atoms with Crippen molar-refractivity contribution in [2.24, 2.45) is 5.92 Å². The van der Waals surface area contributed by atoms with E-state index in [-0.39, 0.29) is 18.5 Å². The van der Waals surface area contributed by atoms with Gasteiger partial charge in [0.2, 0.25) is 5.91 Å². The number of amides is 1. The Morgan fingerprint density at radius 1 is 1.38 bits per heavy atom. The predicted molar refractivity (Wildman–Crippen MR) is 84.8 cm³/mol. The zero-order chi connectivity index (χ0) is 15.6. The number of hydrogen-bond acceptors (Lipinski definition) is 2. The number of rotatable bonds is 5. The molecule has 2 rings (SSSR count). The Morgan fingerprint density at radius 2 is 2.10 bits per heavy atom. The smallest absolute Gasteiger partial charge is 0.240 e. The summed E-state index contributed by atoms with van der Waals surface area (Å²) >= 11 is 6.00. The lowest BCUT2D eigenvalue weighted by atomic mass is 10.1. The van der Waals surface area contributed by atoms with Crippen molar-refractivity contribution in [1.82, 2.24) is 9.88 Å². The number of hydrogen-bond donors (Lipinski definition) is 1. The van der Waals surface area contributed by atoms with Crippen molar-refractivity contribution in [3.05, 3.63) is 35.0 Å². The number of carbonyl (C=O) groups excluding carboxylic acids is 2. The number of aromatic nitrogens is 1. The van der Waals surface area contributed by atoms with Crippen molar-refractivity contribution in [1.29, 1.82) is 0 Å². The molecular weight excluding hydrogens is 288 g/mol. The molecule has 0 radical (unpaired) electrons. The highest BCUT2D eigenvalue weighted by Crippen LogP contribution is 2.23. The first-order chi connectivity index (χ1) is 9.92. The molecule has 0 bridgehead atoms. The fourth-order valence-electron chi connectivity index (χ4n) is 2.14. The summed E-state index contributed by atoms with van der Waals surface area (Å²) in [5.41, 5.74) is 1.35. The van der Waals surface area contributed by atoms with E-state index in [9.17, 15) is 9.59 Å². The van der Waals surface area contributed by atoms with Crippen LogP contribution in [0.5, 0.6) is 0 Å². The average Bonchev–Trinajstić information content (AvgIpc) is 2.75. The minimum atomic E-state index is -0.0782. The number of aldehydes is 1. The van der Waals surface area contributed by atoms with Crippen LogP contribution in [0.4, 0.5) is 0 Å². The molecule has 0 saturated heterocycles. The Bertz CT molecular complexity index is 676. The molecule has 0 aliphatic rings. The highest BCUT2D eigenvalue weighted by Gasteiger charge is 2.14. The van der Waals surface area contributed by atoms with Gasteiger partial charge in [-0.1, -0.05) is 31.5 Å². The van der Waals surface area contributed by atoms with Gasteiger partial charge in [0, 0.05) is 28.2 Å². The molecule has 1 amide bonds. The second-order valence-electron chi connectivity index (χ2n) is 5.59.